The molecule has 1 saturated heterocycles. The van der Waals surface area contributed by atoms with Gasteiger partial charge in [-0.1, -0.05) is 73.2 Å². The number of amides is 1. The highest BCUT2D eigenvalue weighted by atomic mass is 19.4. The predicted molar refractivity (Wildman–Crippen MR) is 161 cm³/mol. The highest BCUT2D eigenvalue weighted by Crippen LogP contribution is 2.51. The molecule has 1 amide bonds. The number of halogens is 3. The number of anilines is 1. The van der Waals surface area contributed by atoms with Gasteiger partial charge in [-0.25, -0.2) is 4.98 Å². The summed E-state index contributed by atoms with van der Waals surface area (Å²) in [5, 5.41) is 3.36. The molecule has 1 aliphatic carbocycles. The predicted octanol–water partition coefficient (Wildman–Crippen LogP) is 6.56. The van der Waals surface area contributed by atoms with E-state index < -0.39 is 24.0 Å². The molecule has 1 aromatic heterocycles. The summed E-state index contributed by atoms with van der Waals surface area (Å²) < 4.78 is 39.4. The first-order valence-corrected chi connectivity index (χ1v) is 14.7. The summed E-state index contributed by atoms with van der Waals surface area (Å²) in [4.78, 5) is 23.4. The molecule has 1 N–H and O–H groups in total. The molecule has 0 spiro atoms. The van der Waals surface area contributed by atoms with E-state index in [1.54, 1.807) is 0 Å². The Labute approximate surface area is 244 Å². The van der Waals surface area contributed by atoms with Crippen LogP contribution < -0.4 is 10.2 Å². The van der Waals surface area contributed by atoms with Gasteiger partial charge >= 0.3 is 6.18 Å². The highest BCUT2D eigenvalue weighted by molar-refractivity contribution is 6.00. The number of carbonyl (C=O) groups excluding carboxylic acids is 1. The van der Waals surface area contributed by atoms with Crippen LogP contribution in [0.25, 0.3) is 22.0 Å². The molecular formula is C34H35F3N4O. The van der Waals surface area contributed by atoms with Gasteiger partial charge in [-0.15, -0.1) is 0 Å². The van der Waals surface area contributed by atoms with Gasteiger partial charge in [0.15, 0.2) is 0 Å². The van der Waals surface area contributed by atoms with Crippen LogP contribution in [-0.4, -0.2) is 60.7 Å². The Hall–Kier alpha value is -3.91. The van der Waals surface area contributed by atoms with E-state index >= 15 is 0 Å². The maximum Gasteiger partial charge on any atom is 0.405 e. The van der Waals surface area contributed by atoms with Crippen molar-refractivity contribution in [3.8, 4) is 11.1 Å². The Bertz CT molecular complexity index is 1540. The molecule has 0 bridgehead atoms. The van der Waals surface area contributed by atoms with Crippen LogP contribution in [0, 0.1) is 0 Å². The molecule has 1 fully saturated rings. The minimum Gasteiger partial charge on any atom is -0.354 e. The number of hydrogen-bond donors (Lipinski definition) is 1. The van der Waals surface area contributed by atoms with Crippen molar-refractivity contribution < 1.29 is 18.0 Å². The summed E-state index contributed by atoms with van der Waals surface area (Å²) in [5.74, 6) is 0.410. The second-order valence-corrected chi connectivity index (χ2v) is 11.4. The molecule has 6 rings (SSSR count). The third-order valence-electron chi connectivity index (χ3n) is 8.82. The fourth-order valence-corrected chi connectivity index (χ4v) is 6.76. The average molecular weight is 573 g/mol. The van der Waals surface area contributed by atoms with Crippen LogP contribution in [0.3, 0.4) is 0 Å². The number of hydrogen-bond acceptors (Lipinski definition) is 4. The lowest BCUT2D eigenvalue weighted by molar-refractivity contribution is -0.141. The van der Waals surface area contributed by atoms with E-state index in [2.05, 4.69) is 40.2 Å². The van der Waals surface area contributed by atoms with Crippen LogP contribution in [0.2, 0.25) is 0 Å². The van der Waals surface area contributed by atoms with Gasteiger partial charge in [-0.2, -0.15) is 13.2 Å². The molecule has 3 aromatic carbocycles. The number of carbonyl (C=O) groups is 1. The number of benzene rings is 3. The Kier molecular flexibility index (Phi) is 7.66. The number of aromatic nitrogens is 1. The van der Waals surface area contributed by atoms with Crippen LogP contribution in [-0.2, 0) is 10.2 Å². The molecule has 0 saturated carbocycles. The van der Waals surface area contributed by atoms with Crippen LogP contribution in [0.15, 0.2) is 84.9 Å². The fourth-order valence-electron chi connectivity index (χ4n) is 6.76. The molecule has 2 heterocycles. The second-order valence-electron chi connectivity index (χ2n) is 11.4. The zero-order chi connectivity index (χ0) is 29.3. The number of alkyl halides is 3. The number of para-hydroxylation sites is 1. The average Bonchev–Trinajstić information content (AvgIpc) is 3.29. The Morgan fingerprint density at radius 3 is 2.26 bits per heavy atom. The smallest absolute Gasteiger partial charge is 0.354 e. The van der Waals surface area contributed by atoms with E-state index in [1.165, 1.54) is 0 Å². The van der Waals surface area contributed by atoms with Crippen molar-refractivity contribution in [2.24, 2.45) is 0 Å². The van der Waals surface area contributed by atoms with Crippen molar-refractivity contribution >= 4 is 22.6 Å². The first-order chi connectivity index (χ1) is 20.3. The van der Waals surface area contributed by atoms with Crippen molar-refractivity contribution in [3.05, 3.63) is 96.1 Å². The summed E-state index contributed by atoms with van der Waals surface area (Å²) in [6.07, 6.45) is -2.48. The highest BCUT2D eigenvalue weighted by Gasteiger charge is 2.49. The molecule has 5 nitrogen and oxygen atoms in total. The molecule has 0 unspecified atom stereocenters. The number of fused-ring (bicyclic) bond motifs is 4. The number of rotatable bonds is 8. The Balaban J connectivity index is 1.14. The third kappa shape index (κ3) is 5.36. The van der Waals surface area contributed by atoms with E-state index in [1.807, 2.05) is 66.7 Å². The summed E-state index contributed by atoms with van der Waals surface area (Å²) in [6, 6.07) is 27.9. The van der Waals surface area contributed by atoms with E-state index in [9.17, 15) is 18.0 Å². The lowest BCUT2D eigenvalue weighted by atomic mass is 9.73. The lowest BCUT2D eigenvalue weighted by Gasteiger charge is -2.40. The second kappa shape index (κ2) is 11.4. The minimum absolute atomic E-state index is 0.323. The van der Waals surface area contributed by atoms with E-state index in [0.29, 0.717) is 18.9 Å². The standard InChI is InChI=1S/C34H35F3N4O/c1-24-22-41(31-17-16-25-10-2-7-15-30(25)39-31)21-20-40(24)19-9-8-18-33(32(42)38-23-34(35,36)37)28-13-5-3-11-26(28)27-12-4-6-14-29(27)33/h2-7,10-17,24H,8-9,18-23H2,1H3,(H,38,42)/t24-/m1/s1. The minimum atomic E-state index is -4.48. The summed E-state index contributed by atoms with van der Waals surface area (Å²) in [7, 11) is 0. The molecule has 1 aliphatic heterocycles. The first-order valence-electron chi connectivity index (χ1n) is 14.7. The quantitative estimate of drug-likeness (QED) is 0.243. The maximum absolute atomic E-state index is 13.7. The van der Waals surface area contributed by atoms with Crippen LogP contribution in [0.4, 0.5) is 19.0 Å². The van der Waals surface area contributed by atoms with Gasteiger partial charge in [0.25, 0.3) is 0 Å². The topological polar surface area (TPSA) is 48.5 Å². The number of unbranched alkanes of at least 4 members (excludes halogenated alkanes) is 1. The van der Waals surface area contributed by atoms with Crippen LogP contribution in [0.5, 0.6) is 0 Å². The Morgan fingerprint density at radius 2 is 1.57 bits per heavy atom. The Morgan fingerprint density at radius 1 is 0.905 bits per heavy atom. The zero-order valence-corrected chi connectivity index (χ0v) is 23.7. The van der Waals surface area contributed by atoms with Gasteiger partial charge in [-0.3, -0.25) is 9.69 Å². The number of pyridine rings is 1. The van der Waals surface area contributed by atoms with Crippen molar-refractivity contribution in [3.63, 3.8) is 0 Å². The van der Waals surface area contributed by atoms with Crippen molar-refractivity contribution in [2.45, 2.75) is 43.8 Å². The number of nitrogens with zero attached hydrogens (tertiary/aromatic N) is 3. The summed E-state index contributed by atoms with van der Waals surface area (Å²) >= 11 is 0. The molecule has 42 heavy (non-hydrogen) atoms. The monoisotopic (exact) mass is 572 g/mol. The third-order valence-corrected chi connectivity index (χ3v) is 8.82. The van der Waals surface area contributed by atoms with Crippen LogP contribution in [0.1, 0.15) is 37.3 Å². The number of nitrogens with one attached hydrogen (secondary N) is 1. The summed E-state index contributed by atoms with van der Waals surface area (Å²) in [5.41, 5.74) is 3.26. The van der Waals surface area contributed by atoms with Crippen molar-refractivity contribution in [1.29, 1.82) is 0 Å². The van der Waals surface area contributed by atoms with Gasteiger partial charge in [-0.05, 0) is 66.8 Å². The van der Waals surface area contributed by atoms with Gasteiger partial charge < -0.3 is 10.2 Å². The molecule has 8 heteroatoms. The molecule has 0 radical (unpaired) electrons. The molecule has 2 aliphatic rings. The first kappa shape index (κ1) is 28.2. The SMILES string of the molecule is C[C@@H]1CN(c2ccc3ccccc3n2)CCN1CCCCC1(C(=O)NCC(F)(F)F)c2ccccc2-c2ccccc21. The van der Waals surface area contributed by atoms with Gasteiger partial charge in [0, 0.05) is 31.1 Å². The maximum atomic E-state index is 13.7. The molecule has 1 atom stereocenters. The van der Waals surface area contributed by atoms with E-state index in [4.69, 9.17) is 4.98 Å². The van der Waals surface area contributed by atoms with E-state index in [-0.39, 0.29) is 0 Å². The van der Waals surface area contributed by atoms with Gasteiger partial charge in [0.05, 0.1) is 5.52 Å². The van der Waals surface area contributed by atoms with Crippen molar-refractivity contribution in [2.75, 3.05) is 37.6 Å². The van der Waals surface area contributed by atoms with Gasteiger partial charge in [0.2, 0.25) is 5.91 Å². The van der Waals surface area contributed by atoms with Crippen molar-refractivity contribution in [1.82, 2.24) is 15.2 Å². The lowest BCUT2D eigenvalue weighted by Crippen LogP contribution is -2.52. The zero-order valence-electron chi connectivity index (χ0n) is 23.7. The van der Waals surface area contributed by atoms with Crippen LogP contribution >= 0.6 is 0 Å². The van der Waals surface area contributed by atoms with E-state index in [0.717, 1.165) is 71.6 Å². The fraction of sp³-hybridized carbons (Fsp3) is 0.353. The normalized spacial score (nSPS) is 18.1. The molecular weight excluding hydrogens is 537 g/mol. The molecule has 4 aromatic rings. The largest absolute Gasteiger partial charge is 0.405 e. The molecule has 218 valence electrons. The van der Waals surface area contributed by atoms with Gasteiger partial charge in [0.1, 0.15) is 17.8 Å². The summed E-state index contributed by atoms with van der Waals surface area (Å²) in [6.45, 7) is 4.40. The number of piperazine rings is 1.